The zero-order valence-corrected chi connectivity index (χ0v) is 11.8. The number of aliphatic carboxylic acids is 1. The minimum atomic E-state index is -1.08. The van der Waals surface area contributed by atoms with Gasteiger partial charge in [0, 0.05) is 24.9 Å². The van der Waals surface area contributed by atoms with E-state index in [0.717, 1.165) is 0 Å². The van der Waals surface area contributed by atoms with Crippen molar-refractivity contribution in [3.05, 3.63) is 18.2 Å². The van der Waals surface area contributed by atoms with E-state index < -0.39 is 12.0 Å². The van der Waals surface area contributed by atoms with E-state index >= 15 is 0 Å². The van der Waals surface area contributed by atoms with Crippen LogP contribution in [0, 0.1) is 11.8 Å². The molecule has 0 spiro atoms. The molecule has 0 fully saturated rings. The third-order valence-corrected chi connectivity index (χ3v) is 3.00. The number of carbonyl (C=O) groups is 2. The van der Waals surface area contributed by atoms with Crippen molar-refractivity contribution in [3.8, 4) is 0 Å². The third-order valence-electron chi connectivity index (χ3n) is 3.00. The van der Waals surface area contributed by atoms with Crippen molar-refractivity contribution in [2.24, 2.45) is 17.6 Å². The van der Waals surface area contributed by atoms with Crippen molar-refractivity contribution in [1.82, 2.24) is 15.3 Å². The van der Waals surface area contributed by atoms with Crippen molar-refractivity contribution in [2.45, 2.75) is 32.7 Å². The Hall–Kier alpha value is -1.89. The van der Waals surface area contributed by atoms with Crippen LogP contribution in [0.15, 0.2) is 12.5 Å². The summed E-state index contributed by atoms with van der Waals surface area (Å²) in [6.07, 6.45) is 3.81. The highest BCUT2D eigenvalue weighted by Crippen LogP contribution is 2.11. The maximum absolute atomic E-state index is 12.1. The number of carbonyl (C=O) groups excluding carboxylic acids is 1. The van der Waals surface area contributed by atoms with Crippen LogP contribution in [0.1, 0.15) is 26.0 Å². The lowest BCUT2D eigenvalue weighted by molar-refractivity contribution is -0.142. The molecule has 1 aromatic rings. The van der Waals surface area contributed by atoms with E-state index in [1.54, 1.807) is 0 Å². The van der Waals surface area contributed by atoms with Crippen LogP contribution in [0.25, 0.3) is 0 Å². The topological polar surface area (TPSA) is 121 Å². The van der Waals surface area contributed by atoms with Crippen LogP contribution in [0.3, 0.4) is 0 Å². The first-order chi connectivity index (χ1) is 9.43. The number of carboxylic acids is 1. The zero-order valence-electron chi connectivity index (χ0n) is 11.8. The van der Waals surface area contributed by atoms with Gasteiger partial charge in [-0.25, -0.2) is 9.78 Å². The van der Waals surface area contributed by atoms with Gasteiger partial charge in [0.05, 0.1) is 12.2 Å². The molecule has 0 aliphatic rings. The van der Waals surface area contributed by atoms with E-state index in [4.69, 9.17) is 5.73 Å². The smallest absolute Gasteiger partial charge is 0.326 e. The minimum absolute atomic E-state index is 0.167. The molecule has 5 N–H and O–H groups in total. The summed E-state index contributed by atoms with van der Waals surface area (Å²) in [5.74, 6) is -1.43. The van der Waals surface area contributed by atoms with Gasteiger partial charge in [-0.3, -0.25) is 4.79 Å². The van der Waals surface area contributed by atoms with Crippen LogP contribution < -0.4 is 11.1 Å². The molecule has 0 saturated carbocycles. The number of aromatic amines is 1. The quantitative estimate of drug-likeness (QED) is 0.540. The van der Waals surface area contributed by atoms with Crippen molar-refractivity contribution in [2.75, 3.05) is 6.54 Å². The van der Waals surface area contributed by atoms with Crippen molar-refractivity contribution >= 4 is 11.9 Å². The Kier molecular flexibility index (Phi) is 6.17. The zero-order chi connectivity index (χ0) is 15.1. The predicted octanol–water partition coefficient (Wildman–Crippen LogP) is 0.143. The molecule has 1 amide bonds. The Labute approximate surface area is 118 Å². The van der Waals surface area contributed by atoms with E-state index in [1.165, 1.54) is 12.5 Å². The van der Waals surface area contributed by atoms with E-state index in [9.17, 15) is 14.7 Å². The molecule has 0 aliphatic carbocycles. The number of nitrogens with zero attached hydrogens (tertiary/aromatic N) is 1. The molecule has 0 bridgehead atoms. The maximum atomic E-state index is 12.1. The molecule has 20 heavy (non-hydrogen) atoms. The minimum Gasteiger partial charge on any atom is -0.480 e. The van der Waals surface area contributed by atoms with Gasteiger partial charge in [0.15, 0.2) is 0 Å². The summed E-state index contributed by atoms with van der Waals surface area (Å²) >= 11 is 0. The summed E-state index contributed by atoms with van der Waals surface area (Å²) in [5, 5.41) is 11.7. The molecule has 1 rings (SSSR count). The highest BCUT2D eigenvalue weighted by atomic mass is 16.4. The van der Waals surface area contributed by atoms with Crippen LogP contribution >= 0.6 is 0 Å². The first-order valence-corrected chi connectivity index (χ1v) is 6.64. The van der Waals surface area contributed by atoms with Crippen LogP contribution in [0.4, 0.5) is 0 Å². The summed E-state index contributed by atoms with van der Waals surface area (Å²) in [7, 11) is 0. The fourth-order valence-electron chi connectivity index (χ4n) is 1.99. The number of H-pyrrole nitrogens is 1. The summed E-state index contributed by atoms with van der Waals surface area (Å²) in [6.45, 7) is 4.20. The van der Waals surface area contributed by atoms with Crippen molar-refractivity contribution < 1.29 is 14.7 Å². The molecular formula is C13H22N4O3. The second kappa shape index (κ2) is 7.64. The molecule has 1 heterocycles. The summed E-state index contributed by atoms with van der Waals surface area (Å²) < 4.78 is 0. The monoisotopic (exact) mass is 282 g/mol. The fraction of sp³-hybridized carbons (Fsp3) is 0.615. The summed E-state index contributed by atoms with van der Waals surface area (Å²) in [6, 6.07) is -0.982. The Morgan fingerprint density at radius 2 is 2.20 bits per heavy atom. The van der Waals surface area contributed by atoms with Gasteiger partial charge in [-0.2, -0.15) is 0 Å². The predicted molar refractivity (Wildman–Crippen MR) is 73.9 cm³/mol. The van der Waals surface area contributed by atoms with E-state index in [1.807, 2.05) is 13.8 Å². The van der Waals surface area contributed by atoms with Gasteiger partial charge >= 0.3 is 5.97 Å². The molecule has 0 aliphatic heterocycles. The van der Waals surface area contributed by atoms with Crippen LogP contribution in [-0.2, 0) is 16.0 Å². The largest absolute Gasteiger partial charge is 0.480 e. The van der Waals surface area contributed by atoms with E-state index in [-0.39, 0.29) is 24.8 Å². The first kappa shape index (κ1) is 16.2. The Bertz CT molecular complexity index is 431. The van der Waals surface area contributed by atoms with Crippen LogP contribution in [-0.4, -0.2) is 39.5 Å². The number of nitrogens with one attached hydrogen (secondary N) is 2. The number of nitrogens with two attached hydrogens (primary N) is 1. The van der Waals surface area contributed by atoms with E-state index in [0.29, 0.717) is 18.0 Å². The number of rotatable bonds is 8. The average molecular weight is 282 g/mol. The maximum Gasteiger partial charge on any atom is 0.326 e. The molecule has 1 unspecified atom stereocenters. The number of amides is 1. The lowest BCUT2D eigenvalue weighted by Gasteiger charge is -2.20. The Morgan fingerprint density at radius 1 is 1.50 bits per heavy atom. The number of hydrogen-bond acceptors (Lipinski definition) is 4. The third kappa shape index (κ3) is 5.00. The summed E-state index contributed by atoms with van der Waals surface area (Å²) in [4.78, 5) is 29.9. The number of carboxylic acid groups (broad SMARTS) is 1. The Morgan fingerprint density at radius 3 is 2.65 bits per heavy atom. The molecule has 0 aromatic carbocycles. The van der Waals surface area contributed by atoms with Gasteiger partial charge < -0.3 is 21.1 Å². The molecule has 0 saturated heterocycles. The lowest BCUT2D eigenvalue weighted by Crippen LogP contribution is -2.46. The van der Waals surface area contributed by atoms with Gasteiger partial charge in [0.1, 0.15) is 6.04 Å². The van der Waals surface area contributed by atoms with Gasteiger partial charge in [-0.05, 0) is 12.3 Å². The molecule has 0 radical (unpaired) electrons. The van der Waals surface area contributed by atoms with Gasteiger partial charge in [0.25, 0.3) is 0 Å². The van der Waals surface area contributed by atoms with E-state index in [2.05, 4.69) is 15.3 Å². The van der Waals surface area contributed by atoms with Crippen LogP contribution in [0.5, 0.6) is 0 Å². The highest BCUT2D eigenvalue weighted by molar-refractivity contribution is 5.85. The second-order valence-corrected chi connectivity index (χ2v) is 5.24. The molecule has 1 aromatic heterocycles. The molecule has 7 heteroatoms. The molecule has 7 nitrogen and oxygen atoms in total. The first-order valence-electron chi connectivity index (χ1n) is 6.64. The number of hydrogen-bond donors (Lipinski definition) is 4. The van der Waals surface area contributed by atoms with Crippen molar-refractivity contribution in [1.29, 1.82) is 0 Å². The number of aromatic nitrogens is 2. The average Bonchev–Trinajstić information content (AvgIpc) is 2.87. The second-order valence-electron chi connectivity index (χ2n) is 5.24. The number of imidazole rings is 1. The van der Waals surface area contributed by atoms with Crippen molar-refractivity contribution in [3.63, 3.8) is 0 Å². The Balaban J connectivity index is 2.64. The van der Waals surface area contributed by atoms with Gasteiger partial charge in [-0.1, -0.05) is 13.8 Å². The van der Waals surface area contributed by atoms with Crippen LogP contribution in [0.2, 0.25) is 0 Å². The van der Waals surface area contributed by atoms with Gasteiger partial charge in [-0.15, -0.1) is 0 Å². The molecule has 112 valence electrons. The fourth-order valence-corrected chi connectivity index (χ4v) is 1.99. The normalized spacial score (nSPS) is 14.0. The highest BCUT2D eigenvalue weighted by Gasteiger charge is 2.25. The molecule has 2 atom stereocenters. The standard InChI is InChI=1S/C13H22N4O3/c1-8(2)3-9(5-14)12(18)17-11(13(19)20)4-10-6-15-7-16-10/h6-9,11H,3-5,14H2,1-2H3,(H,15,16)(H,17,18)(H,19,20)/t9?,11-/m0/s1. The van der Waals surface area contributed by atoms with Gasteiger partial charge in [0.2, 0.25) is 5.91 Å². The molecular weight excluding hydrogens is 260 g/mol. The summed E-state index contributed by atoms with van der Waals surface area (Å²) in [5.41, 5.74) is 6.24. The lowest BCUT2D eigenvalue weighted by atomic mass is 9.96. The SMILES string of the molecule is CC(C)CC(CN)C(=O)N[C@@H](Cc1cnc[nH]1)C(=O)O.